The van der Waals surface area contributed by atoms with E-state index in [-0.39, 0.29) is 11.9 Å². The van der Waals surface area contributed by atoms with Gasteiger partial charge in [0, 0.05) is 12.6 Å². The SMILES string of the molecule is C=CCN(C(=O)C(C#N)Cc1ccccc1)C(C)C. The van der Waals surface area contributed by atoms with Gasteiger partial charge in [-0.25, -0.2) is 0 Å². The third-order valence-corrected chi connectivity index (χ3v) is 2.97. The van der Waals surface area contributed by atoms with E-state index < -0.39 is 5.92 Å². The molecule has 0 N–H and O–H groups in total. The Morgan fingerprint density at radius 2 is 2.05 bits per heavy atom. The van der Waals surface area contributed by atoms with Crippen molar-refractivity contribution in [3.8, 4) is 6.07 Å². The van der Waals surface area contributed by atoms with E-state index in [9.17, 15) is 10.1 Å². The molecule has 0 aliphatic rings. The number of hydrogen-bond donors (Lipinski definition) is 0. The first-order chi connectivity index (χ1) is 9.10. The second-order valence-corrected chi connectivity index (χ2v) is 4.74. The first-order valence-electron chi connectivity index (χ1n) is 6.45. The van der Waals surface area contributed by atoms with Crippen molar-refractivity contribution in [2.45, 2.75) is 26.3 Å². The number of carbonyl (C=O) groups excluding carboxylic acids is 1. The van der Waals surface area contributed by atoms with Crippen LogP contribution in [0.2, 0.25) is 0 Å². The second-order valence-electron chi connectivity index (χ2n) is 4.74. The molecule has 0 aliphatic heterocycles. The van der Waals surface area contributed by atoms with Gasteiger partial charge in [-0.15, -0.1) is 6.58 Å². The van der Waals surface area contributed by atoms with E-state index in [1.54, 1.807) is 11.0 Å². The van der Waals surface area contributed by atoms with Crippen LogP contribution in [0.1, 0.15) is 19.4 Å². The summed E-state index contributed by atoms with van der Waals surface area (Å²) in [5.74, 6) is -0.758. The molecule has 0 heterocycles. The lowest BCUT2D eigenvalue weighted by molar-refractivity contribution is -0.134. The monoisotopic (exact) mass is 256 g/mol. The number of rotatable bonds is 6. The maximum Gasteiger partial charge on any atom is 0.240 e. The van der Waals surface area contributed by atoms with E-state index >= 15 is 0 Å². The number of benzene rings is 1. The minimum atomic E-state index is -0.634. The van der Waals surface area contributed by atoms with Crippen molar-refractivity contribution in [2.24, 2.45) is 5.92 Å². The van der Waals surface area contributed by atoms with E-state index in [1.807, 2.05) is 44.2 Å². The van der Waals surface area contributed by atoms with Gasteiger partial charge in [0.25, 0.3) is 0 Å². The summed E-state index contributed by atoms with van der Waals surface area (Å²) in [4.78, 5) is 14.1. The van der Waals surface area contributed by atoms with Gasteiger partial charge in [0.2, 0.25) is 5.91 Å². The summed E-state index contributed by atoms with van der Waals surface area (Å²) in [6.45, 7) is 8.02. The number of carbonyl (C=O) groups is 1. The van der Waals surface area contributed by atoms with Crippen LogP contribution in [0.3, 0.4) is 0 Å². The smallest absolute Gasteiger partial charge is 0.240 e. The maximum atomic E-state index is 12.4. The molecular formula is C16H20N2O. The molecule has 0 fully saturated rings. The predicted octanol–water partition coefficient (Wildman–Crippen LogP) is 2.79. The first-order valence-corrected chi connectivity index (χ1v) is 6.45. The summed E-state index contributed by atoms with van der Waals surface area (Å²) in [6, 6.07) is 11.8. The molecule has 0 aromatic heterocycles. The van der Waals surface area contributed by atoms with Gasteiger partial charge in [0.15, 0.2) is 0 Å². The van der Waals surface area contributed by atoms with Gasteiger partial charge in [-0.2, -0.15) is 5.26 Å². The van der Waals surface area contributed by atoms with Crippen LogP contribution < -0.4 is 0 Å². The molecule has 1 atom stereocenters. The lowest BCUT2D eigenvalue weighted by Crippen LogP contribution is -2.41. The van der Waals surface area contributed by atoms with Crippen molar-refractivity contribution in [3.05, 3.63) is 48.6 Å². The minimum Gasteiger partial charge on any atom is -0.335 e. The summed E-state index contributed by atoms with van der Waals surface area (Å²) in [7, 11) is 0. The summed E-state index contributed by atoms with van der Waals surface area (Å²) >= 11 is 0. The molecule has 19 heavy (non-hydrogen) atoms. The highest BCUT2D eigenvalue weighted by Crippen LogP contribution is 2.13. The molecule has 0 spiro atoms. The van der Waals surface area contributed by atoms with E-state index in [4.69, 9.17) is 0 Å². The van der Waals surface area contributed by atoms with E-state index in [2.05, 4.69) is 12.6 Å². The van der Waals surface area contributed by atoms with Crippen LogP contribution in [0.4, 0.5) is 0 Å². The lowest BCUT2D eigenvalue weighted by atomic mass is 9.98. The van der Waals surface area contributed by atoms with Crippen molar-refractivity contribution < 1.29 is 4.79 Å². The van der Waals surface area contributed by atoms with Crippen molar-refractivity contribution in [1.29, 1.82) is 5.26 Å². The van der Waals surface area contributed by atoms with Crippen LogP contribution in [-0.2, 0) is 11.2 Å². The van der Waals surface area contributed by atoms with Crippen molar-refractivity contribution >= 4 is 5.91 Å². The number of nitriles is 1. The molecule has 1 rings (SSSR count). The summed E-state index contributed by atoms with van der Waals surface area (Å²) in [6.07, 6.45) is 2.14. The van der Waals surface area contributed by atoms with Gasteiger partial charge < -0.3 is 4.90 Å². The quantitative estimate of drug-likeness (QED) is 0.735. The fourth-order valence-corrected chi connectivity index (χ4v) is 1.93. The molecular weight excluding hydrogens is 236 g/mol. The van der Waals surface area contributed by atoms with Gasteiger partial charge in [-0.1, -0.05) is 36.4 Å². The third kappa shape index (κ3) is 4.26. The molecule has 0 radical (unpaired) electrons. The fourth-order valence-electron chi connectivity index (χ4n) is 1.93. The van der Waals surface area contributed by atoms with Crippen molar-refractivity contribution in [2.75, 3.05) is 6.54 Å². The van der Waals surface area contributed by atoms with E-state index in [0.29, 0.717) is 13.0 Å². The number of nitrogens with zero attached hydrogens (tertiary/aromatic N) is 2. The fraction of sp³-hybridized carbons (Fsp3) is 0.375. The van der Waals surface area contributed by atoms with Gasteiger partial charge in [0.1, 0.15) is 5.92 Å². The normalized spacial score (nSPS) is 11.7. The van der Waals surface area contributed by atoms with Crippen molar-refractivity contribution in [1.82, 2.24) is 4.90 Å². The van der Waals surface area contributed by atoms with E-state index in [1.165, 1.54) is 0 Å². The highest BCUT2D eigenvalue weighted by atomic mass is 16.2. The average Bonchev–Trinajstić information content (AvgIpc) is 2.42. The van der Waals surface area contributed by atoms with Crippen LogP contribution in [0, 0.1) is 17.2 Å². The molecule has 0 bridgehead atoms. The summed E-state index contributed by atoms with van der Waals surface area (Å²) < 4.78 is 0. The molecule has 0 saturated heterocycles. The molecule has 3 heteroatoms. The molecule has 1 amide bonds. The zero-order valence-corrected chi connectivity index (χ0v) is 11.5. The topological polar surface area (TPSA) is 44.1 Å². The highest BCUT2D eigenvalue weighted by Gasteiger charge is 2.25. The largest absolute Gasteiger partial charge is 0.335 e. The third-order valence-electron chi connectivity index (χ3n) is 2.97. The first kappa shape index (κ1) is 15.0. The molecule has 0 aliphatic carbocycles. The van der Waals surface area contributed by atoms with Gasteiger partial charge >= 0.3 is 0 Å². The molecule has 0 saturated carbocycles. The van der Waals surface area contributed by atoms with Crippen LogP contribution in [0.15, 0.2) is 43.0 Å². The Morgan fingerprint density at radius 3 is 2.53 bits per heavy atom. The van der Waals surface area contributed by atoms with Crippen LogP contribution in [0.5, 0.6) is 0 Å². The Balaban J connectivity index is 2.82. The second kappa shape index (κ2) is 7.38. The lowest BCUT2D eigenvalue weighted by Gasteiger charge is -2.27. The standard InChI is InChI=1S/C16H20N2O/c1-4-10-18(13(2)3)16(19)15(12-17)11-14-8-6-5-7-9-14/h4-9,13,15H,1,10-11H2,2-3H3. The number of amides is 1. The Kier molecular flexibility index (Phi) is 5.81. The highest BCUT2D eigenvalue weighted by molar-refractivity contribution is 5.82. The Hall–Kier alpha value is -2.08. The Labute approximate surface area is 115 Å². The molecule has 100 valence electrons. The Morgan fingerprint density at radius 1 is 1.42 bits per heavy atom. The van der Waals surface area contributed by atoms with Gasteiger partial charge in [-0.05, 0) is 25.8 Å². The maximum absolute atomic E-state index is 12.4. The van der Waals surface area contributed by atoms with Gasteiger partial charge in [0.05, 0.1) is 6.07 Å². The van der Waals surface area contributed by atoms with Gasteiger partial charge in [-0.3, -0.25) is 4.79 Å². The number of hydrogen-bond acceptors (Lipinski definition) is 2. The molecule has 1 aromatic rings. The predicted molar refractivity (Wildman–Crippen MR) is 76.3 cm³/mol. The minimum absolute atomic E-state index is 0.0668. The van der Waals surface area contributed by atoms with Crippen LogP contribution in [0.25, 0.3) is 0 Å². The Bertz CT molecular complexity index is 459. The summed E-state index contributed by atoms with van der Waals surface area (Å²) in [5, 5.41) is 9.23. The zero-order valence-electron chi connectivity index (χ0n) is 11.5. The average molecular weight is 256 g/mol. The zero-order chi connectivity index (χ0) is 14.3. The molecule has 1 unspecified atom stereocenters. The summed E-state index contributed by atoms with van der Waals surface area (Å²) in [5.41, 5.74) is 1.00. The van der Waals surface area contributed by atoms with Crippen LogP contribution in [-0.4, -0.2) is 23.4 Å². The molecule has 3 nitrogen and oxygen atoms in total. The van der Waals surface area contributed by atoms with Crippen LogP contribution >= 0.6 is 0 Å². The van der Waals surface area contributed by atoms with Crippen molar-refractivity contribution in [3.63, 3.8) is 0 Å². The van der Waals surface area contributed by atoms with E-state index in [0.717, 1.165) is 5.56 Å². The molecule has 1 aromatic carbocycles.